The predicted octanol–water partition coefficient (Wildman–Crippen LogP) is 1.19. The smallest absolute Gasteiger partial charge is 0.0990 e. The van der Waals surface area contributed by atoms with E-state index in [0.29, 0.717) is 19.3 Å². The van der Waals surface area contributed by atoms with E-state index in [0.717, 1.165) is 26.0 Å². The molecule has 0 radical (unpaired) electrons. The van der Waals surface area contributed by atoms with Gasteiger partial charge >= 0.3 is 0 Å². The minimum Gasteiger partial charge on any atom is -0.382 e. The van der Waals surface area contributed by atoms with Crippen molar-refractivity contribution in [2.24, 2.45) is 0 Å². The maximum Gasteiger partial charge on any atom is 0.0990 e. The number of hydrogen-bond acceptors (Lipinski definition) is 4. The third kappa shape index (κ3) is 4.01. The average molecular weight is 231 g/mol. The van der Waals surface area contributed by atoms with Gasteiger partial charge < -0.3 is 19.5 Å². The molecule has 1 fully saturated rings. The van der Waals surface area contributed by atoms with Gasteiger partial charge in [0.15, 0.2) is 0 Å². The molecule has 96 valence electrons. The summed E-state index contributed by atoms with van der Waals surface area (Å²) >= 11 is 0. The molecule has 0 aromatic carbocycles. The zero-order chi connectivity index (χ0) is 11.8. The molecule has 0 amide bonds. The van der Waals surface area contributed by atoms with Crippen molar-refractivity contribution in [1.29, 1.82) is 0 Å². The molecule has 1 saturated carbocycles. The van der Waals surface area contributed by atoms with Gasteiger partial charge in [-0.2, -0.15) is 0 Å². The largest absolute Gasteiger partial charge is 0.382 e. The van der Waals surface area contributed by atoms with E-state index < -0.39 is 0 Å². The number of nitrogens with one attached hydrogen (secondary N) is 1. The van der Waals surface area contributed by atoms with E-state index in [-0.39, 0.29) is 12.2 Å². The van der Waals surface area contributed by atoms with Crippen LogP contribution in [0.5, 0.6) is 0 Å². The van der Waals surface area contributed by atoms with E-state index >= 15 is 0 Å². The molecule has 1 aliphatic rings. The van der Waals surface area contributed by atoms with Gasteiger partial charge in [0.1, 0.15) is 0 Å². The van der Waals surface area contributed by atoms with E-state index in [1.165, 1.54) is 0 Å². The topological polar surface area (TPSA) is 39.7 Å². The van der Waals surface area contributed by atoms with Gasteiger partial charge in [-0.15, -0.1) is 0 Å². The molecule has 0 aromatic rings. The summed E-state index contributed by atoms with van der Waals surface area (Å²) < 4.78 is 16.5. The summed E-state index contributed by atoms with van der Waals surface area (Å²) in [6.45, 7) is 7.37. The Labute approximate surface area is 98.6 Å². The van der Waals surface area contributed by atoms with Crippen molar-refractivity contribution in [3.8, 4) is 0 Å². The van der Waals surface area contributed by atoms with Gasteiger partial charge in [-0.05, 0) is 19.4 Å². The van der Waals surface area contributed by atoms with Crippen LogP contribution >= 0.6 is 0 Å². The lowest BCUT2D eigenvalue weighted by Gasteiger charge is -2.44. The van der Waals surface area contributed by atoms with Gasteiger partial charge in [0, 0.05) is 19.8 Å². The lowest BCUT2D eigenvalue weighted by Crippen LogP contribution is -2.60. The highest BCUT2D eigenvalue weighted by molar-refractivity contribution is 4.97. The molecule has 0 bridgehead atoms. The first-order valence-corrected chi connectivity index (χ1v) is 6.29. The normalized spacial score (nSPS) is 29.1. The fourth-order valence-electron chi connectivity index (χ4n) is 1.97. The first-order valence-electron chi connectivity index (χ1n) is 6.29. The highest BCUT2D eigenvalue weighted by atomic mass is 16.6. The van der Waals surface area contributed by atoms with E-state index in [2.05, 4.69) is 19.2 Å². The molecule has 0 aromatic heterocycles. The van der Waals surface area contributed by atoms with Crippen molar-refractivity contribution in [3.63, 3.8) is 0 Å². The van der Waals surface area contributed by atoms with Crippen LogP contribution in [0.15, 0.2) is 0 Å². The summed E-state index contributed by atoms with van der Waals surface area (Å²) in [4.78, 5) is 0. The molecule has 3 unspecified atom stereocenters. The van der Waals surface area contributed by atoms with Crippen LogP contribution in [0.25, 0.3) is 0 Å². The SMILES string of the molecule is CCCOC1C(NCC)CC1OCCOC. The molecule has 3 atom stereocenters. The van der Waals surface area contributed by atoms with Gasteiger partial charge in [-0.1, -0.05) is 13.8 Å². The zero-order valence-electron chi connectivity index (χ0n) is 10.7. The molecular formula is C12H25NO3. The molecular weight excluding hydrogens is 206 g/mol. The van der Waals surface area contributed by atoms with Crippen LogP contribution in [-0.2, 0) is 14.2 Å². The standard InChI is InChI=1S/C12H25NO3/c1-4-6-16-12-10(13-5-2)9-11(12)15-8-7-14-3/h10-13H,4-9H2,1-3H3. The Balaban J connectivity index is 2.23. The summed E-state index contributed by atoms with van der Waals surface area (Å²) in [7, 11) is 1.69. The van der Waals surface area contributed by atoms with E-state index in [9.17, 15) is 0 Å². The Kier molecular flexibility index (Phi) is 6.96. The van der Waals surface area contributed by atoms with Gasteiger partial charge in [0.2, 0.25) is 0 Å². The molecule has 4 nitrogen and oxygen atoms in total. The summed E-state index contributed by atoms with van der Waals surface area (Å²) in [6, 6.07) is 0.462. The van der Waals surface area contributed by atoms with Gasteiger partial charge in [0.05, 0.1) is 25.4 Å². The van der Waals surface area contributed by atoms with Crippen LogP contribution in [0.3, 0.4) is 0 Å². The van der Waals surface area contributed by atoms with Crippen LogP contribution < -0.4 is 5.32 Å². The second kappa shape index (κ2) is 8.01. The number of ether oxygens (including phenoxy) is 3. The van der Waals surface area contributed by atoms with Crippen LogP contribution in [0.1, 0.15) is 26.7 Å². The fourth-order valence-corrected chi connectivity index (χ4v) is 1.97. The predicted molar refractivity (Wildman–Crippen MR) is 63.7 cm³/mol. The third-order valence-electron chi connectivity index (χ3n) is 2.85. The highest BCUT2D eigenvalue weighted by Crippen LogP contribution is 2.27. The lowest BCUT2D eigenvalue weighted by atomic mass is 9.85. The van der Waals surface area contributed by atoms with Crippen LogP contribution in [0.2, 0.25) is 0 Å². The van der Waals surface area contributed by atoms with Crippen LogP contribution in [-0.4, -0.2) is 51.7 Å². The maximum atomic E-state index is 5.81. The Bertz CT molecular complexity index is 176. The average Bonchev–Trinajstić information content (AvgIpc) is 2.27. The first-order chi connectivity index (χ1) is 7.83. The zero-order valence-corrected chi connectivity index (χ0v) is 10.7. The summed E-state index contributed by atoms with van der Waals surface area (Å²) in [5.74, 6) is 0. The molecule has 0 saturated heterocycles. The van der Waals surface area contributed by atoms with Crippen LogP contribution in [0.4, 0.5) is 0 Å². The molecule has 16 heavy (non-hydrogen) atoms. The summed E-state index contributed by atoms with van der Waals surface area (Å²) in [5, 5.41) is 3.43. The molecule has 1 rings (SSSR count). The van der Waals surface area contributed by atoms with E-state index in [1.807, 2.05) is 0 Å². The van der Waals surface area contributed by atoms with Gasteiger partial charge in [-0.25, -0.2) is 0 Å². The summed E-state index contributed by atoms with van der Waals surface area (Å²) in [6.07, 6.45) is 2.56. The second-order valence-electron chi connectivity index (χ2n) is 4.14. The van der Waals surface area contributed by atoms with Crippen molar-refractivity contribution in [2.45, 2.75) is 44.9 Å². The van der Waals surface area contributed by atoms with Crippen molar-refractivity contribution in [2.75, 3.05) is 33.5 Å². The van der Waals surface area contributed by atoms with E-state index in [1.54, 1.807) is 7.11 Å². The van der Waals surface area contributed by atoms with Crippen LogP contribution in [0, 0.1) is 0 Å². The number of hydrogen-bond donors (Lipinski definition) is 1. The first kappa shape index (κ1) is 13.9. The number of methoxy groups -OCH3 is 1. The Morgan fingerprint density at radius 1 is 1.12 bits per heavy atom. The molecule has 0 spiro atoms. The van der Waals surface area contributed by atoms with Gasteiger partial charge in [0.25, 0.3) is 0 Å². The highest BCUT2D eigenvalue weighted by Gasteiger charge is 2.42. The molecule has 0 heterocycles. The number of likely N-dealkylation sites (N-methyl/N-ethyl adjacent to an activating group) is 1. The van der Waals surface area contributed by atoms with Crippen molar-refractivity contribution >= 4 is 0 Å². The van der Waals surface area contributed by atoms with Crippen molar-refractivity contribution in [1.82, 2.24) is 5.32 Å². The van der Waals surface area contributed by atoms with Crippen molar-refractivity contribution < 1.29 is 14.2 Å². The van der Waals surface area contributed by atoms with E-state index in [4.69, 9.17) is 14.2 Å². The minimum absolute atomic E-state index is 0.219. The molecule has 1 N–H and O–H groups in total. The number of rotatable bonds is 9. The Morgan fingerprint density at radius 2 is 1.94 bits per heavy atom. The van der Waals surface area contributed by atoms with Gasteiger partial charge in [-0.3, -0.25) is 0 Å². The maximum absolute atomic E-state index is 5.81. The van der Waals surface area contributed by atoms with Crippen molar-refractivity contribution in [3.05, 3.63) is 0 Å². The Morgan fingerprint density at radius 3 is 2.56 bits per heavy atom. The molecule has 0 aliphatic heterocycles. The molecule has 1 aliphatic carbocycles. The third-order valence-corrected chi connectivity index (χ3v) is 2.85. The lowest BCUT2D eigenvalue weighted by molar-refractivity contribution is -0.151. The quantitative estimate of drug-likeness (QED) is 0.605. The summed E-state index contributed by atoms with van der Waals surface area (Å²) in [5.41, 5.74) is 0. The minimum atomic E-state index is 0.219. The monoisotopic (exact) mass is 231 g/mol. The fraction of sp³-hybridized carbons (Fsp3) is 1.00. The second-order valence-corrected chi connectivity index (χ2v) is 4.14. The molecule has 4 heteroatoms. The Hall–Kier alpha value is -0.160.